The second-order valence-corrected chi connectivity index (χ2v) is 11.0. The van der Waals surface area contributed by atoms with Crippen molar-refractivity contribution in [3.8, 4) is 11.5 Å². The molecule has 0 unspecified atom stereocenters. The van der Waals surface area contributed by atoms with Crippen molar-refractivity contribution in [2.24, 2.45) is 0 Å². The molecule has 0 atom stereocenters. The molecule has 0 spiro atoms. The summed E-state index contributed by atoms with van der Waals surface area (Å²) in [7, 11) is 0. The third kappa shape index (κ3) is 3.00. The third-order valence-corrected chi connectivity index (χ3v) is 8.75. The smallest absolute Gasteiger partial charge is 0.160 e. The lowest BCUT2D eigenvalue weighted by Gasteiger charge is -2.12. The quantitative estimate of drug-likeness (QED) is 0.215. The molecular weight excluding hydrogens is 528 g/mol. The van der Waals surface area contributed by atoms with Crippen LogP contribution < -0.4 is 0 Å². The SMILES string of the molecule is c1ccc2nc(-n3c4ccccc4c4c(-n5c6ccccc6c6ccccc65)c5oc6ccccc6c5cc43)cnc2c1. The van der Waals surface area contributed by atoms with Crippen LogP contribution in [-0.2, 0) is 0 Å². The summed E-state index contributed by atoms with van der Waals surface area (Å²) in [6, 6.07) is 44.4. The number of hydrogen-bond donors (Lipinski definition) is 0. The molecule has 5 nitrogen and oxygen atoms in total. The Labute approximate surface area is 244 Å². The summed E-state index contributed by atoms with van der Waals surface area (Å²) in [6.07, 6.45) is 1.88. The molecular formula is C38H22N4O. The molecule has 0 radical (unpaired) electrons. The van der Waals surface area contributed by atoms with E-state index < -0.39 is 0 Å². The molecule has 5 heteroatoms. The molecule has 4 aromatic heterocycles. The molecule has 4 heterocycles. The van der Waals surface area contributed by atoms with E-state index in [0.29, 0.717) is 0 Å². The largest absolute Gasteiger partial charge is 0.454 e. The van der Waals surface area contributed by atoms with Crippen molar-refractivity contribution in [1.29, 1.82) is 0 Å². The molecule has 43 heavy (non-hydrogen) atoms. The van der Waals surface area contributed by atoms with E-state index in [1.807, 2.05) is 36.5 Å². The number of fused-ring (bicyclic) bond motifs is 10. The first-order valence-corrected chi connectivity index (χ1v) is 14.4. The van der Waals surface area contributed by atoms with E-state index in [-0.39, 0.29) is 0 Å². The summed E-state index contributed by atoms with van der Waals surface area (Å²) in [6.45, 7) is 0. The highest BCUT2D eigenvalue weighted by Crippen LogP contribution is 2.45. The molecule has 200 valence electrons. The zero-order valence-electron chi connectivity index (χ0n) is 22.9. The van der Waals surface area contributed by atoms with E-state index in [4.69, 9.17) is 14.4 Å². The number of hydrogen-bond acceptors (Lipinski definition) is 3. The Kier molecular flexibility index (Phi) is 4.39. The first-order valence-electron chi connectivity index (χ1n) is 14.4. The van der Waals surface area contributed by atoms with Gasteiger partial charge in [-0.05, 0) is 42.5 Å². The molecule has 10 aromatic rings. The van der Waals surface area contributed by atoms with Gasteiger partial charge in [0.1, 0.15) is 5.58 Å². The molecule has 0 aliphatic carbocycles. The average Bonchev–Trinajstić information content (AvgIpc) is 3.71. The first-order chi connectivity index (χ1) is 21.3. The Hall–Kier alpha value is -5.94. The minimum absolute atomic E-state index is 0.783. The van der Waals surface area contributed by atoms with Gasteiger partial charge in [0, 0.05) is 32.3 Å². The van der Waals surface area contributed by atoms with Gasteiger partial charge in [-0.2, -0.15) is 0 Å². The Morgan fingerprint density at radius 2 is 1.07 bits per heavy atom. The van der Waals surface area contributed by atoms with Gasteiger partial charge in [-0.25, -0.2) is 4.98 Å². The minimum Gasteiger partial charge on any atom is -0.454 e. The van der Waals surface area contributed by atoms with Crippen molar-refractivity contribution >= 4 is 76.6 Å². The monoisotopic (exact) mass is 550 g/mol. The molecule has 0 aliphatic rings. The van der Waals surface area contributed by atoms with Gasteiger partial charge in [0.2, 0.25) is 0 Å². The van der Waals surface area contributed by atoms with Gasteiger partial charge in [-0.15, -0.1) is 0 Å². The Bertz CT molecular complexity index is 2690. The van der Waals surface area contributed by atoms with E-state index >= 15 is 0 Å². The summed E-state index contributed by atoms with van der Waals surface area (Å²) in [5, 5.41) is 6.82. The second-order valence-electron chi connectivity index (χ2n) is 11.0. The van der Waals surface area contributed by atoms with E-state index in [2.05, 4.69) is 106 Å². The normalized spacial score (nSPS) is 12.2. The standard InChI is InChI=1S/C38H22N4O/c1-7-17-30-23(11-1)24-12-2-8-18-31(24)42(30)37-36-26-14-3-9-19-32(26)41(35-22-39-28-15-5-6-16-29(28)40-35)33(36)21-27-25-13-4-10-20-34(25)43-38(27)37/h1-22H. The van der Waals surface area contributed by atoms with E-state index in [1.165, 1.54) is 10.8 Å². The second kappa shape index (κ2) is 8.30. The van der Waals surface area contributed by atoms with Gasteiger partial charge < -0.3 is 8.98 Å². The van der Waals surface area contributed by atoms with Crippen molar-refractivity contribution in [3.05, 3.63) is 134 Å². The van der Waals surface area contributed by atoms with Crippen molar-refractivity contribution < 1.29 is 4.42 Å². The summed E-state index contributed by atoms with van der Waals surface area (Å²) in [5.41, 5.74) is 8.92. The maximum Gasteiger partial charge on any atom is 0.160 e. The molecule has 0 N–H and O–H groups in total. The Morgan fingerprint density at radius 1 is 0.488 bits per heavy atom. The summed E-state index contributed by atoms with van der Waals surface area (Å²) >= 11 is 0. The fraction of sp³-hybridized carbons (Fsp3) is 0. The van der Waals surface area contributed by atoms with Gasteiger partial charge in [0.25, 0.3) is 0 Å². The van der Waals surface area contributed by atoms with Crippen LogP contribution in [0.5, 0.6) is 0 Å². The summed E-state index contributed by atoms with van der Waals surface area (Å²) < 4.78 is 11.4. The lowest BCUT2D eigenvalue weighted by molar-refractivity contribution is 0.667. The van der Waals surface area contributed by atoms with Crippen LogP contribution in [0, 0.1) is 0 Å². The van der Waals surface area contributed by atoms with Crippen LogP contribution in [-0.4, -0.2) is 19.1 Å². The number of aromatic nitrogens is 4. The molecule has 0 saturated heterocycles. The van der Waals surface area contributed by atoms with Gasteiger partial charge in [0.05, 0.1) is 45.0 Å². The zero-order chi connectivity index (χ0) is 28.1. The van der Waals surface area contributed by atoms with Crippen molar-refractivity contribution in [3.63, 3.8) is 0 Å². The zero-order valence-corrected chi connectivity index (χ0v) is 22.9. The van der Waals surface area contributed by atoms with Crippen LogP contribution in [0.3, 0.4) is 0 Å². The first kappa shape index (κ1) is 22.7. The van der Waals surface area contributed by atoms with Crippen molar-refractivity contribution in [2.45, 2.75) is 0 Å². The van der Waals surface area contributed by atoms with Crippen LogP contribution in [0.15, 0.2) is 138 Å². The number of rotatable bonds is 2. The summed E-state index contributed by atoms with van der Waals surface area (Å²) in [5.74, 6) is 0.783. The maximum atomic E-state index is 6.78. The Balaban J connectivity index is 1.48. The highest BCUT2D eigenvalue weighted by molar-refractivity contribution is 6.24. The summed E-state index contributed by atoms with van der Waals surface area (Å²) in [4.78, 5) is 9.91. The third-order valence-electron chi connectivity index (χ3n) is 8.75. The molecule has 0 saturated carbocycles. The van der Waals surface area contributed by atoms with Crippen molar-refractivity contribution in [1.82, 2.24) is 19.1 Å². The lowest BCUT2D eigenvalue weighted by Crippen LogP contribution is -2.00. The molecule has 6 aromatic carbocycles. The minimum atomic E-state index is 0.783. The predicted octanol–water partition coefficient (Wildman–Crippen LogP) is 9.72. The van der Waals surface area contributed by atoms with Crippen LogP contribution >= 0.6 is 0 Å². The van der Waals surface area contributed by atoms with E-state index in [9.17, 15) is 0 Å². The lowest BCUT2D eigenvalue weighted by atomic mass is 10.1. The molecule has 10 rings (SSSR count). The Morgan fingerprint density at radius 3 is 1.81 bits per heavy atom. The highest BCUT2D eigenvalue weighted by Gasteiger charge is 2.25. The predicted molar refractivity (Wildman–Crippen MR) is 175 cm³/mol. The fourth-order valence-corrected chi connectivity index (χ4v) is 6.96. The van der Waals surface area contributed by atoms with Crippen molar-refractivity contribution in [2.75, 3.05) is 0 Å². The molecule has 0 fully saturated rings. The van der Waals surface area contributed by atoms with Crippen LogP contribution in [0.25, 0.3) is 88.1 Å². The van der Waals surface area contributed by atoms with Crippen LogP contribution in [0.1, 0.15) is 0 Å². The average molecular weight is 551 g/mol. The topological polar surface area (TPSA) is 48.8 Å². The fourth-order valence-electron chi connectivity index (χ4n) is 6.96. The van der Waals surface area contributed by atoms with Gasteiger partial charge in [-0.3, -0.25) is 9.55 Å². The molecule has 0 aliphatic heterocycles. The maximum absolute atomic E-state index is 6.78. The van der Waals surface area contributed by atoms with Crippen LogP contribution in [0.4, 0.5) is 0 Å². The number of nitrogens with zero attached hydrogens (tertiary/aromatic N) is 4. The van der Waals surface area contributed by atoms with E-state index in [0.717, 1.165) is 77.3 Å². The van der Waals surface area contributed by atoms with Crippen LogP contribution in [0.2, 0.25) is 0 Å². The van der Waals surface area contributed by atoms with E-state index in [1.54, 1.807) is 0 Å². The highest BCUT2D eigenvalue weighted by atomic mass is 16.3. The number of para-hydroxylation sites is 6. The number of furan rings is 1. The van der Waals surface area contributed by atoms with Gasteiger partial charge >= 0.3 is 0 Å². The van der Waals surface area contributed by atoms with Gasteiger partial charge in [0.15, 0.2) is 11.4 Å². The molecule has 0 bridgehead atoms. The molecule has 0 amide bonds. The number of benzene rings is 6. The van der Waals surface area contributed by atoms with Gasteiger partial charge in [-0.1, -0.05) is 84.9 Å².